The lowest BCUT2D eigenvalue weighted by molar-refractivity contribution is 0.601. The Labute approximate surface area is 122 Å². The van der Waals surface area contributed by atoms with Crippen LogP contribution in [0.15, 0.2) is 59.9 Å². The lowest BCUT2D eigenvalue weighted by Crippen LogP contribution is -2.12. The number of nitrogens with one attached hydrogen (secondary N) is 2. The molecule has 0 unspecified atom stereocenters. The Bertz CT molecular complexity index is 851. The zero-order valence-electron chi connectivity index (χ0n) is 11.3. The van der Waals surface area contributed by atoms with E-state index in [1.54, 1.807) is 54.5 Å². The first-order valence-corrected chi connectivity index (χ1v) is 7.77. The van der Waals surface area contributed by atoms with Crippen LogP contribution in [0.3, 0.4) is 0 Å². The number of aryl methyl sites for hydroxylation is 1. The molecule has 0 bridgehead atoms. The topological polar surface area (TPSA) is 79.8 Å². The minimum atomic E-state index is -3.57. The van der Waals surface area contributed by atoms with Crippen molar-refractivity contribution in [1.29, 1.82) is 0 Å². The lowest BCUT2D eigenvalue weighted by atomic mass is 10.1. The van der Waals surface area contributed by atoms with Crippen molar-refractivity contribution in [1.82, 2.24) is 14.8 Å². The Hall–Kier alpha value is -2.54. The quantitative estimate of drug-likeness (QED) is 0.775. The fourth-order valence-electron chi connectivity index (χ4n) is 2.02. The van der Waals surface area contributed by atoms with Gasteiger partial charge in [0.15, 0.2) is 0 Å². The van der Waals surface area contributed by atoms with Gasteiger partial charge in [-0.25, -0.2) is 8.42 Å². The van der Waals surface area contributed by atoms with Gasteiger partial charge in [-0.15, -0.1) is 0 Å². The van der Waals surface area contributed by atoms with Crippen LogP contribution in [-0.2, 0) is 17.1 Å². The van der Waals surface area contributed by atoms with Gasteiger partial charge in [0, 0.05) is 36.9 Å². The van der Waals surface area contributed by atoms with E-state index in [1.165, 1.54) is 0 Å². The third kappa shape index (κ3) is 2.82. The second-order valence-electron chi connectivity index (χ2n) is 4.67. The van der Waals surface area contributed by atoms with Gasteiger partial charge >= 0.3 is 0 Å². The Morgan fingerprint density at radius 1 is 1.24 bits per heavy atom. The summed E-state index contributed by atoms with van der Waals surface area (Å²) in [5.74, 6) is 0. The highest BCUT2D eigenvalue weighted by atomic mass is 32.2. The molecule has 1 aromatic carbocycles. The van der Waals surface area contributed by atoms with E-state index in [2.05, 4.69) is 14.9 Å². The second-order valence-corrected chi connectivity index (χ2v) is 6.35. The molecule has 21 heavy (non-hydrogen) atoms. The maximum atomic E-state index is 12.3. The normalized spacial score (nSPS) is 11.5. The molecule has 2 aromatic heterocycles. The van der Waals surface area contributed by atoms with Gasteiger partial charge in [-0.3, -0.25) is 9.82 Å². The van der Waals surface area contributed by atoms with Crippen LogP contribution in [0, 0.1) is 0 Å². The predicted molar refractivity (Wildman–Crippen MR) is 80.2 cm³/mol. The van der Waals surface area contributed by atoms with Gasteiger partial charge in [0.25, 0.3) is 10.0 Å². The Balaban J connectivity index is 1.90. The molecule has 0 saturated heterocycles. The van der Waals surface area contributed by atoms with E-state index in [0.29, 0.717) is 5.69 Å². The van der Waals surface area contributed by atoms with Crippen LogP contribution >= 0.6 is 0 Å². The maximum absolute atomic E-state index is 12.3. The number of nitrogens with zero attached hydrogens (tertiary/aromatic N) is 2. The van der Waals surface area contributed by atoms with E-state index in [-0.39, 0.29) is 4.90 Å². The van der Waals surface area contributed by atoms with Crippen molar-refractivity contribution in [3.05, 3.63) is 55.0 Å². The van der Waals surface area contributed by atoms with E-state index in [1.807, 2.05) is 12.1 Å². The number of benzene rings is 1. The van der Waals surface area contributed by atoms with Crippen LogP contribution in [0.4, 0.5) is 5.69 Å². The number of sulfonamides is 1. The van der Waals surface area contributed by atoms with E-state index in [0.717, 1.165) is 11.3 Å². The van der Waals surface area contributed by atoms with Crippen molar-refractivity contribution in [3.8, 4) is 11.3 Å². The Kier molecular flexibility index (Phi) is 3.26. The number of aromatic nitrogens is 3. The van der Waals surface area contributed by atoms with Crippen molar-refractivity contribution >= 4 is 15.7 Å². The maximum Gasteiger partial charge on any atom is 0.263 e. The summed E-state index contributed by atoms with van der Waals surface area (Å²) in [7, 11) is -1.80. The number of anilines is 1. The largest absolute Gasteiger partial charge is 0.356 e. The summed E-state index contributed by atoms with van der Waals surface area (Å²) in [6.45, 7) is 0. The first-order valence-electron chi connectivity index (χ1n) is 6.29. The molecule has 0 radical (unpaired) electrons. The van der Waals surface area contributed by atoms with Crippen LogP contribution < -0.4 is 4.72 Å². The average molecular weight is 302 g/mol. The highest BCUT2D eigenvalue weighted by molar-refractivity contribution is 7.92. The fourth-order valence-corrected chi connectivity index (χ4v) is 3.12. The Morgan fingerprint density at radius 3 is 2.76 bits per heavy atom. The molecule has 0 amide bonds. The van der Waals surface area contributed by atoms with Gasteiger partial charge < -0.3 is 4.57 Å². The number of aromatic amines is 1. The third-order valence-corrected chi connectivity index (χ3v) is 4.41. The highest BCUT2D eigenvalue weighted by Gasteiger charge is 2.15. The minimum absolute atomic E-state index is 0.233. The minimum Gasteiger partial charge on any atom is -0.356 e. The molecule has 3 aromatic rings. The summed E-state index contributed by atoms with van der Waals surface area (Å²) in [6.07, 6.45) is 4.90. The SMILES string of the molecule is Cn1ccc(S(=O)(=O)Nc2cccc(-c3ccn[nH]3)c2)c1. The average Bonchev–Trinajstić information content (AvgIpc) is 3.09. The molecule has 0 saturated carbocycles. The van der Waals surface area contributed by atoms with Gasteiger partial charge in [-0.05, 0) is 24.3 Å². The summed E-state index contributed by atoms with van der Waals surface area (Å²) in [5, 5.41) is 6.73. The number of rotatable bonds is 4. The zero-order chi connectivity index (χ0) is 14.9. The monoisotopic (exact) mass is 302 g/mol. The second kappa shape index (κ2) is 5.10. The van der Waals surface area contributed by atoms with E-state index in [4.69, 9.17) is 0 Å². The smallest absolute Gasteiger partial charge is 0.263 e. The summed E-state index contributed by atoms with van der Waals surface area (Å²) in [6, 6.07) is 10.5. The fraction of sp³-hybridized carbons (Fsp3) is 0.0714. The van der Waals surface area contributed by atoms with E-state index >= 15 is 0 Å². The molecule has 2 N–H and O–H groups in total. The van der Waals surface area contributed by atoms with Crippen molar-refractivity contribution < 1.29 is 8.42 Å². The predicted octanol–water partition coefficient (Wildman–Crippen LogP) is 2.22. The van der Waals surface area contributed by atoms with Crippen LogP contribution in [-0.4, -0.2) is 23.2 Å². The van der Waals surface area contributed by atoms with Crippen molar-refractivity contribution in [2.75, 3.05) is 4.72 Å². The third-order valence-electron chi connectivity index (χ3n) is 3.04. The molecule has 0 fully saturated rings. The molecule has 0 atom stereocenters. The highest BCUT2D eigenvalue weighted by Crippen LogP contribution is 2.22. The molecular formula is C14H14N4O2S. The standard InChI is InChI=1S/C14H14N4O2S/c1-18-8-6-13(10-18)21(19,20)17-12-4-2-3-11(9-12)14-5-7-15-16-14/h2-10,17H,1H3,(H,15,16). The molecule has 6 nitrogen and oxygen atoms in total. The summed E-state index contributed by atoms with van der Waals surface area (Å²) < 4.78 is 28.8. The van der Waals surface area contributed by atoms with Gasteiger partial charge in [0.05, 0.1) is 5.69 Å². The van der Waals surface area contributed by atoms with Crippen LogP contribution in [0.2, 0.25) is 0 Å². The summed E-state index contributed by atoms with van der Waals surface area (Å²) >= 11 is 0. The first kappa shape index (κ1) is 13.4. The van der Waals surface area contributed by atoms with Crippen LogP contribution in [0.25, 0.3) is 11.3 Å². The number of H-pyrrole nitrogens is 1. The van der Waals surface area contributed by atoms with Crippen molar-refractivity contribution in [3.63, 3.8) is 0 Å². The molecule has 0 aliphatic heterocycles. The Morgan fingerprint density at radius 2 is 2.10 bits per heavy atom. The zero-order valence-corrected chi connectivity index (χ0v) is 12.1. The summed E-state index contributed by atoms with van der Waals surface area (Å²) in [5.41, 5.74) is 2.20. The van der Waals surface area contributed by atoms with Crippen LogP contribution in [0.5, 0.6) is 0 Å². The molecule has 0 aliphatic rings. The van der Waals surface area contributed by atoms with Gasteiger partial charge in [0.2, 0.25) is 0 Å². The summed E-state index contributed by atoms with van der Waals surface area (Å²) in [4.78, 5) is 0.233. The number of hydrogen-bond donors (Lipinski definition) is 2. The molecule has 0 spiro atoms. The van der Waals surface area contributed by atoms with Gasteiger partial charge in [-0.1, -0.05) is 12.1 Å². The van der Waals surface area contributed by atoms with Crippen molar-refractivity contribution in [2.24, 2.45) is 7.05 Å². The molecule has 0 aliphatic carbocycles. The molecule has 108 valence electrons. The van der Waals surface area contributed by atoms with E-state index < -0.39 is 10.0 Å². The van der Waals surface area contributed by atoms with Gasteiger partial charge in [0.1, 0.15) is 4.90 Å². The molecule has 2 heterocycles. The van der Waals surface area contributed by atoms with Gasteiger partial charge in [-0.2, -0.15) is 5.10 Å². The lowest BCUT2D eigenvalue weighted by Gasteiger charge is -2.07. The first-order chi connectivity index (χ1) is 10.0. The molecule has 3 rings (SSSR count). The van der Waals surface area contributed by atoms with E-state index in [9.17, 15) is 8.42 Å². The van der Waals surface area contributed by atoms with Crippen LogP contribution in [0.1, 0.15) is 0 Å². The van der Waals surface area contributed by atoms with Crippen molar-refractivity contribution in [2.45, 2.75) is 4.90 Å². The molecule has 7 heteroatoms. The molecular weight excluding hydrogens is 288 g/mol. The number of hydrogen-bond acceptors (Lipinski definition) is 3.